The van der Waals surface area contributed by atoms with E-state index in [0.29, 0.717) is 28.0 Å². The summed E-state index contributed by atoms with van der Waals surface area (Å²) in [6.07, 6.45) is 2.05. The van der Waals surface area contributed by atoms with Crippen molar-refractivity contribution in [2.45, 2.75) is 19.4 Å². The van der Waals surface area contributed by atoms with Crippen LogP contribution in [0.1, 0.15) is 12.8 Å². The molecular weight excluding hydrogens is 278 g/mol. The van der Waals surface area contributed by atoms with Crippen LogP contribution in [0.15, 0.2) is 18.2 Å². The predicted octanol–water partition coefficient (Wildman–Crippen LogP) is 2.00. The van der Waals surface area contributed by atoms with Gasteiger partial charge in [0.25, 0.3) is 0 Å². The van der Waals surface area contributed by atoms with E-state index in [1.54, 1.807) is 16.8 Å². The summed E-state index contributed by atoms with van der Waals surface area (Å²) in [5.74, 6) is 1.15. The Hall–Kier alpha value is -1.66. The first-order chi connectivity index (χ1) is 9.75. The molecule has 2 N–H and O–H groups in total. The van der Waals surface area contributed by atoms with Gasteiger partial charge in [0.1, 0.15) is 0 Å². The van der Waals surface area contributed by atoms with Crippen LogP contribution in [0.5, 0.6) is 0 Å². The summed E-state index contributed by atoms with van der Waals surface area (Å²) in [5.41, 5.74) is 7.29. The van der Waals surface area contributed by atoms with Crippen LogP contribution in [0, 0.1) is 5.92 Å². The Balaban J connectivity index is 1.89. The van der Waals surface area contributed by atoms with Crippen molar-refractivity contribution in [3.63, 3.8) is 0 Å². The third kappa shape index (κ3) is 2.62. The van der Waals surface area contributed by atoms with E-state index < -0.39 is 0 Å². The van der Waals surface area contributed by atoms with E-state index >= 15 is 0 Å². The number of nitrogens with two attached hydrogens (primary N) is 1. The Morgan fingerprint density at radius 3 is 2.90 bits per heavy atom. The molecule has 0 unspecified atom stereocenters. The average molecular weight is 294 g/mol. The number of nitrogen functional groups attached to an aromatic ring is 1. The van der Waals surface area contributed by atoms with Crippen LogP contribution >= 0.6 is 11.6 Å². The van der Waals surface area contributed by atoms with Crippen LogP contribution in [0.4, 0.5) is 5.69 Å². The Morgan fingerprint density at radius 2 is 2.15 bits per heavy atom. The zero-order chi connectivity index (χ0) is 13.9. The van der Waals surface area contributed by atoms with E-state index in [0.717, 1.165) is 32.6 Å². The zero-order valence-corrected chi connectivity index (χ0v) is 11.8. The van der Waals surface area contributed by atoms with Gasteiger partial charge in [0, 0.05) is 25.4 Å². The highest BCUT2D eigenvalue weighted by molar-refractivity contribution is 6.33. The molecule has 0 aliphatic carbocycles. The first-order valence-electron chi connectivity index (χ1n) is 6.64. The van der Waals surface area contributed by atoms with Crippen LogP contribution < -0.4 is 5.73 Å². The van der Waals surface area contributed by atoms with Gasteiger partial charge in [-0.25, -0.2) is 4.68 Å². The first kappa shape index (κ1) is 13.3. The minimum Gasteiger partial charge on any atom is -0.398 e. The fourth-order valence-corrected chi connectivity index (χ4v) is 2.72. The molecular formula is C13H16ClN5O. The maximum atomic E-state index is 6.23. The lowest BCUT2D eigenvalue weighted by Crippen LogP contribution is -2.21. The molecule has 20 heavy (non-hydrogen) atoms. The fourth-order valence-electron chi connectivity index (χ4n) is 2.46. The van der Waals surface area contributed by atoms with E-state index in [4.69, 9.17) is 22.1 Å². The highest BCUT2D eigenvalue weighted by atomic mass is 35.5. The lowest BCUT2D eigenvalue weighted by Gasteiger charge is -2.22. The Labute approximate surface area is 121 Å². The SMILES string of the molecule is Nc1cccc(Cl)c1-c1nnnn1CC1CCOCC1. The van der Waals surface area contributed by atoms with Gasteiger partial charge in [-0.3, -0.25) is 0 Å². The van der Waals surface area contributed by atoms with E-state index in [-0.39, 0.29) is 0 Å². The molecule has 0 bridgehead atoms. The molecule has 1 saturated heterocycles. The standard InChI is InChI=1S/C13H16ClN5O/c14-10-2-1-3-11(15)12(10)13-16-17-18-19(13)8-9-4-6-20-7-5-9/h1-3,9H,4-8,15H2. The van der Waals surface area contributed by atoms with Crippen molar-refractivity contribution >= 4 is 17.3 Å². The van der Waals surface area contributed by atoms with Gasteiger partial charge in [-0.1, -0.05) is 17.7 Å². The molecule has 0 atom stereocenters. The molecule has 7 heteroatoms. The summed E-state index contributed by atoms with van der Waals surface area (Å²) in [6, 6.07) is 5.41. The summed E-state index contributed by atoms with van der Waals surface area (Å²) < 4.78 is 7.16. The maximum absolute atomic E-state index is 6.23. The maximum Gasteiger partial charge on any atom is 0.185 e. The van der Waals surface area contributed by atoms with Crippen LogP contribution in [0.3, 0.4) is 0 Å². The molecule has 0 amide bonds. The van der Waals surface area contributed by atoms with Gasteiger partial charge in [0.15, 0.2) is 5.82 Å². The summed E-state index contributed by atoms with van der Waals surface area (Å²) in [6.45, 7) is 2.36. The van der Waals surface area contributed by atoms with Crippen molar-refractivity contribution in [3.8, 4) is 11.4 Å². The van der Waals surface area contributed by atoms with E-state index in [1.807, 2.05) is 6.07 Å². The highest BCUT2D eigenvalue weighted by Crippen LogP contribution is 2.31. The molecule has 2 aromatic rings. The Kier molecular flexibility index (Phi) is 3.84. The molecule has 0 radical (unpaired) electrons. The highest BCUT2D eigenvalue weighted by Gasteiger charge is 2.20. The van der Waals surface area contributed by atoms with Gasteiger partial charge in [0.05, 0.1) is 10.6 Å². The Morgan fingerprint density at radius 1 is 1.35 bits per heavy atom. The van der Waals surface area contributed by atoms with Gasteiger partial charge >= 0.3 is 0 Å². The number of rotatable bonds is 3. The van der Waals surface area contributed by atoms with E-state index in [1.165, 1.54) is 0 Å². The zero-order valence-electron chi connectivity index (χ0n) is 11.0. The van der Waals surface area contributed by atoms with Gasteiger partial charge < -0.3 is 10.5 Å². The van der Waals surface area contributed by atoms with Gasteiger partial charge in [-0.2, -0.15) is 0 Å². The van der Waals surface area contributed by atoms with E-state index in [2.05, 4.69) is 15.5 Å². The van der Waals surface area contributed by atoms with Crippen molar-refractivity contribution in [1.82, 2.24) is 20.2 Å². The predicted molar refractivity (Wildman–Crippen MR) is 76.2 cm³/mol. The quantitative estimate of drug-likeness (QED) is 0.876. The number of ether oxygens (including phenoxy) is 1. The largest absolute Gasteiger partial charge is 0.398 e. The van der Waals surface area contributed by atoms with Crippen molar-refractivity contribution in [1.29, 1.82) is 0 Å². The van der Waals surface area contributed by atoms with Crippen LogP contribution in [-0.4, -0.2) is 33.4 Å². The molecule has 1 fully saturated rings. The van der Waals surface area contributed by atoms with Crippen LogP contribution in [0.2, 0.25) is 5.02 Å². The van der Waals surface area contributed by atoms with Crippen molar-refractivity contribution in [3.05, 3.63) is 23.2 Å². The number of tetrazole rings is 1. The number of benzene rings is 1. The van der Waals surface area contributed by atoms with Crippen LogP contribution in [0.25, 0.3) is 11.4 Å². The average Bonchev–Trinajstić information content (AvgIpc) is 2.88. The molecule has 3 rings (SSSR count). The molecule has 1 aliphatic heterocycles. The number of nitrogens with zero attached hydrogens (tertiary/aromatic N) is 4. The minimum atomic E-state index is 0.523. The van der Waals surface area contributed by atoms with Crippen molar-refractivity contribution in [2.24, 2.45) is 5.92 Å². The lowest BCUT2D eigenvalue weighted by molar-refractivity contribution is 0.0601. The van der Waals surface area contributed by atoms with Gasteiger partial charge in [0.2, 0.25) is 0 Å². The summed E-state index contributed by atoms with van der Waals surface area (Å²) in [4.78, 5) is 0. The number of anilines is 1. The third-order valence-corrected chi connectivity index (χ3v) is 3.89. The molecule has 0 spiro atoms. The molecule has 1 aromatic carbocycles. The van der Waals surface area contributed by atoms with Crippen molar-refractivity contribution in [2.75, 3.05) is 18.9 Å². The number of halogens is 1. The second-order valence-corrected chi connectivity index (χ2v) is 5.35. The molecule has 1 aromatic heterocycles. The first-order valence-corrected chi connectivity index (χ1v) is 7.02. The minimum absolute atomic E-state index is 0.523. The van der Waals surface area contributed by atoms with Gasteiger partial charge in [-0.15, -0.1) is 5.10 Å². The second-order valence-electron chi connectivity index (χ2n) is 4.94. The monoisotopic (exact) mass is 293 g/mol. The number of aromatic nitrogens is 4. The molecule has 106 valence electrons. The number of hydrogen-bond donors (Lipinski definition) is 1. The smallest absolute Gasteiger partial charge is 0.185 e. The second kappa shape index (κ2) is 5.76. The van der Waals surface area contributed by atoms with E-state index in [9.17, 15) is 0 Å². The lowest BCUT2D eigenvalue weighted by atomic mass is 10.0. The molecule has 2 heterocycles. The summed E-state index contributed by atoms with van der Waals surface area (Å²) in [7, 11) is 0. The topological polar surface area (TPSA) is 78.9 Å². The third-order valence-electron chi connectivity index (χ3n) is 3.57. The Bertz CT molecular complexity index is 574. The summed E-state index contributed by atoms with van der Waals surface area (Å²) >= 11 is 6.23. The molecule has 1 aliphatic rings. The fraction of sp³-hybridized carbons (Fsp3) is 0.462. The van der Waals surface area contributed by atoms with Gasteiger partial charge in [-0.05, 0) is 41.3 Å². The number of hydrogen-bond acceptors (Lipinski definition) is 5. The van der Waals surface area contributed by atoms with Crippen LogP contribution in [-0.2, 0) is 11.3 Å². The normalized spacial score (nSPS) is 16.4. The molecule has 0 saturated carbocycles. The molecule has 6 nitrogen and oxygen atoms in total. The van der Waals surface area contributed by atoms with Crippen molar-refractivity contribution < 1.29 is 4.74 Å². The summed E-state index contributed by atoms with van der Waals surface area (Å²) in [5, 5.41) is 12.5.